The zero-order valence-corrected chi connectivity index (χ0v) is 15.4. The molecule has 0 unspecified atom stereocenters. The van der Waals surface area contributed by atoms with E-state index in [-0.39, 0.29) is 17.0 Å². The number of amides is 2. The summed E-state index contributed by atoms with van der Waals surface area (Å²) in [5, 5.41) is 18.1. The van der Waals surface area contributed by atoms with E-state index in [1.807, 2.05) is 6.07 Å². The average molecular weight is 399 g/mol. The van der Waals surface area contributed by atoms with Crippen molar-refractivity contribution in [3.05, 3.63) is 81.1 Å². The van der Waals surface area contributed by atoms with Crippen molar-refractivity contribution in [1.82, 2.24) is 5.43 Å². The number of carbonyl (C=O) groups excluding carboxylic acids is 1. The molecule has 1 aromatic heterocycles. The lowest BCUT2D eigenvalue weighted by atomic mass is 10.1. The molecule has 1 heterocycles. The first-order chi connectivity index (χ1) is 13.4. The molecular weight excluding hydrogens is 384 g/mol. The highest BCUT2D eigenvalue weighted by Crippen LogP contribution is 2.35. The first-order valence-electron chi connectivity index (χ1n) is 8.14. The molecule has 2 N–H and O–H groups in total. The molecule has 0 atom stereocenters. The van der Waals surface area contributed by atoms with E-state index in [0.29, 0.717) is 22.0 Å². The van der Waals surface area contributed by atoms with Gasteiger partial charge < -0.3 is 9.73 Å². The van der Waals surface area contributed by atoms with Gasteiger partial charge >= 0.3 is 6.03 Å². The number of benzene rings is 2. The second kappa shape index (κ2) is 8.36. The normalized spacial score (nSPS) is 10.8. The van der Waals surface area contributed by atoms with Gasteiger partial charge in [0, 0.05) is 16.8 Å². The predicted octanol–water partition coefficient (Wildman–Crippen LogP) is 4.97. The van der Waals surface area contributed by atoms with Gasteiger partial charge in [-0.25, -0.2) is 10.2 Å². The van der Waals surface area contributed by atoms with Crippen LogP contribution in [0.3, 0.4) is 0 Å². The number of furan rings is 1. The van der Waals surface area contributed by atoms with E-state index >= 15 is 0 Å². The Morgan fingerprint density at radius 1 is 1.21 bits per heavy atom. The van der Waals surface area contributed by atoms with Gasteiger partial charge in [0.05, 0.1) is 16.7 Å². The fourth-order valence-corrected chi connectivity index (χ4v) is 2.58. The number of hydrazone groups is 1. The van der Waals surface area contributed by atoms with E-state index in [4.69, 9.17) is 16.0 Å². The highest BCUT2D eigenvalue weighted by Gasteiger charge is 2.20. The van der Waals surface area contributed by atoms with Gasteiger partial charge in [-0.05, 0) is 42.8 Å². The smallest absolute Gasteiger partial charge is 0.339 e. The number of nitro groups is 1. The Balaban J connectivity index is 1.71. The fraction of sp³-hybridized carbons (Fsp3) is 0.0526. The summed E-state index contributed by atoms with van der Waals surface area (Å²) in [7, 11) is 0. The van der Waals surface area contributed by atoms with Crippen LogP contribution in [-0.2, 0) is 0 Å². The van der Waals surface area contributed by atoms with E-state index in [9.17, 15) is 14.9 Å². The maximum absolute atomic E-state index is 11.8. The molecule has 0 saturated heterocycles. The van der Waals surface area contributed by atoms with E-state index in [1.165, 1.54) is 18.3 Å². The van der Waals surface area contributed by atoms with Gasteiger partial charge in [-0.2, -0.15) is 5.10 Å². The molecule has 0 bridgehead atoms. The fourth-order valence-electron chi connectivity index (χ4n) is 2.42. The third-order valence-corrected chi connectivity index (χ3v) is 4.16. The molecule has 0 fully saturated rings. The molecule has 0 radical (unpaired) electrons. The Kier molecular flexibility index (Phi) is 5.71. The van der Waals surface area contributed by atoms with Crippen LogP contribution in [0.4, 0.5) is 16.2 Å². The number of para-hydroxylation sites is 1. The molecule has 8 nitrogen and oxygen atoms in total. The Labute approximate surface area is 165 Å². The Morgan fingerprint density at radius 2 is 1.96 bits per heavy atom. The van der Waals surface area contributed by atoms with Crippen LogP contribution in [0.2, 0.25) is 5.02 Å². The number of hydrogen-bond acceptors (Lipinski definition) is 5. The lowest BCUT2D eigenvalue weighted by molar-refractivity contribution is -0.384. The maximum Gasteiger partial charge on any atom is 0.339 e. The van der Waals surface area contributed by atoms with Crippen LogP contribution < -0.4 is 10.7 Å². The first-order valence-corrected chi connectivity index (χ1v) is 8.51. The topological polar surface area (TPSA) is 110 Å². The monoisotopic (exact) mass is 398 g/mol. The SMILES string of the molecule is Cc1cc([N+](=O)[O-])c(-c2ccc(C=NNC(=O)Nc3ccccc3)o2)cc1Cl. The summed E-state index contributed by atoms with van der Waals surface area (Å²) < 4.78 is 5.57. The molecular formula is C19H15ClN4O4. The molecule has 0 aliphatic carbocycles. The van der Waals surface area contributed by atoms with Crippen molar-refractivity contribution >= 4 is 35.2 Å². The molecule has 2 aromatic carbocycles. The van der Waals surface area contributed by atoms with Crippen LogP contribution in [0.25, 0.3) is 11.3 Å². The highest BCUT2D eigenvalue weighted by molar-refractivity contribution is 6.31. The Morgan fingerprint density at radius 3 is 2.68 bits per heavy atom. The first kappa shape index (κ1) is 19.1. The number of carbonyl (C=O) groups is 1. The number of halogens is 1. The lowest BCUT2D eigenvalue weighted by Gasteiger charge is -2.03. The number of nitrogens with one attached hydrogen (secondary N) is 2. The standard InChI is InChI=1S/C19H15ClN4O4/c1-12-9-17(24(26)27)15(10-16(12)20)18-8-7-14(28-18)11-21-23-19(25)22-13-5-3-2-4-6-13/h2-11H,1H3,(H2,22,23,25). The largest absolute Gasteiger partial charge is 0.455 e. The molecule has 0 saturated carbocycles. The average Bonchev–Trinajstić information content (AvgIpc) is 3.13. The summed E-state index contributed by atoms with van der Waals surface area (Å²) >= 11 is 6.09. The summed E-state index contributed by atoms with van der Waals surface area (Å²) in [4.78, 5) is 22.6. The van der Waals surface area contributed by atoms with Gasteiger partial charge in [-0.1, -0.05) is 29.8 Å². The van der Waals surface area contributed by atoms with E-state index < -0.39 is 11.0 Å². The van der Waals surface area contributed by atoms with Gasteiger partial charge in [0.2, 0.25) is 0 Å². The summed E-state index contributed by atoms with van der Waals surface area (Å²) in [6, 6.07) is 14.4. The van der Waals surface area contributed by atoms with Crippen molar-refractivity contribution in [2.75, 3.05) is 5.32 Å². The van der Waals surface area contributed by atoms with Crippen molar-refractivity contribution in [2.45, 2.75) is 6.92 Å². The van der Waals surface area contributed by atoms with Crippen LogP contribution in [-0.4, -0.2) is 17.2 Å². The van der Waals surface area contributed by atoms with Crippen LogP contribution in [0.1, 0.15) is 11.3 Å². The molecule has 2 amide bonds. The van der Waals surface area contributed by atoms with Crippen LogP contribution in [0, 0.1) is 17.0 Å². The van der Waals surface area contributed by atoms with Crippen molar-refractivity contribution in [1.29, 1.82) is 0 Å². The third-order valence-electron chi connectivity index (χ3n) is 3.76. The molecule has 0 aliphatic heterocycles. The van der Waals surface area contributed by atoms with Crippen molar-refractivity contribution in [3.8, 4) is 11.3 Å². The quantitative estimate of drug-likeness (QED) is 0.359. The maximum atomic E-state index is 11.8. The molecule has 3 rings (SSSR count). The Bertz CT molecular complexity index is 1050. The number of rotatable bonds is 5. The van der Waals surface area contributed by atoms with Crippen LogP contribution >= 0.6 is 11.6 Å². The molecule has 0 aliphatic rings. The number of nitro benzene ring substituents is 1. The number of nitrogens with zero attached hydrogens (tertiary/aromatic N) is 2. The summed E-state index contributed by atoms with van der Waals surface area (Å²) in [5.41, 5.74) is 3.67. The third kappa shape index (κ3) is 4.54. The van der Waals surface area contributed by atoms with Crippen molar-refractivity contribution in [3.63, 3.8) is 0 Å². The molecule has 9 heteroatoms. The number of hydrogen-bond donors (Lipinski definition) is 2. The van der Waals surface area contributed by atoms with Crippen molar-refractivity contribution < 1.29 is 14.1 Å². The van der Waals surface area contributed by atoms with Gasteiger partial charge in [-0.15, -0.1) is 0 Å². The van der Waals surface area contributed by atoms with Gasteiger partial charge in [0.15, 0.2) is 0 Å². The molecule has 3 aromatic rings. The summed E-state index contributed by atoms with van der Waals surface area (Å²) in [5.74, 6) is 0.574. The molecule has 28 heavy (non-hydrogen) atoms. The zero-order valence-electron chi connectivity index (χ0n) is 14.7. The predicted molar refractivity (Wildman–Crippen MR) is 107 cm³/mol. The molecule has 142 valence electrons. The number of urea groups is 1. The molecule has 0 spiro atoms. The summed E-state index contributed by atoms with van der Waals surface area (Å²) in [6.45, 7) is 1.69. The number of aryl methyl sites for hydroxylation is 1. The number of anilines is 1. The van der Waals surface area contributed by atoms with Gasteiger partial charge in [0.25, 0.3) is 5.69 Å². The van der Waals surface area contributed by atoms with E-state index in [2.05, 4.69) is 15.8 Å². The van der Waals surface area contributed by atoms with Crippen molar-refractivity contribution in [2.24, 2.45) is 5.10 Å². The highest BCUT2D eigenvalue weighted by atomic mass is 35.5. The van der Waals surface area contributed by atoms with Crippen LogP contribution in [0.5, 0.6) is 0 Å². The lowest BCUT2D eigenvalue weighted by Crippen LogP contribution is -2.24. The van der Waals surface area contributed by atoms with E-state index in [0.717, 1.165) is 0 Å². The minimum Gasteiger partial charge on any atom is -0.455 e. The minimum atomic E-state index is -0.518. The summed E-state index contributed by atoms with van der Waals surface area (Å²) in [6.07, 6.45) is 1.29. The second-order valence-corrected chi connectivity index (χ2v) is 6.18. The zero-order chi connectivity index (χ0) is 20.1. The van der Waals surface area contributed by atoms with Gasteiger partial charge in [0.1, 0.15) is 11.5 Å². The van der Waals surface area contributed by atoms with Gasteiger partial charge in [-0.3, -0.25) is 10.1 Å². The van der Waals surface area contributed by atoms with E-state index in [1.54, 1.807) is 43.3 Å². The Hall–Kier alpha value is -3.65. The second-order valence-electron chi connectivity index (χ2n) is 5.77. The van der Waals surface area contributed by atoms with Crippen LogP contribution in [0.15, 0.2) is 64.1 Å². The minimum absolute atomic E-state index is 0.111.